The standard InChI is InChI=1S/C28H38F3N3O/c1-16-24(9-5-18(15-32)33-16)34-25(28(29,30)31)23-8-7-22-21-6-4-17-14-26(2,35)12-10-19(17)20(21)11-13-27(22,23)3/h5,9,17,19-23,25,34-35H,4,6-8,10-14H2,1-3H3/t17-,19+,20-,21-,22+,23-,25+,26-,27+/m1/s1. The first-order valence-electron chi connectivity index (χ1n) is 13.4. The van der Waals surface area contributed by atoms with Crippen LogP contribution in [0.4, 0.5) is 18.9 Å². The number of aliphatic hydroxyl groups is 1. The number of hydrogen-bond acceptors (Lipinski definition) is 4. The molecular weight excluding hydrogens is 451 g/mol. The van der Waals surface area contributed by atoms with Gasteiger partial charge in [0, 0.05) is 0 Å². The molecule has 1 aromatic heterocycles. The van der Waals surface area contributed by atoms with Gasteiger partial charge in [0.25, 0.3) is 0 Å². The van der Waals surface area contributed by atoms with Gasteiger partial charge in [0.2, 0.25) is 0 Å². The summed E-state index contributed by atoms with van der Waals surface area (Å²) in [7, 11) is 0. The van der Waals surface area contributed by atoms with E-state index in [4.69, 9.17) is 5.26 Å². The first-order chi connectivity index (χ1) is 16.4. The maximum atomic E-state index is 14.5. The van der Waals surface area contributed by atoms with Crippen molar-refractivity contribution >= 4 is 5.69 Å². The van der Waals surface area contributed by atoms with E-state index in [1.165, 1.54) is 6.07 Å². The predicted molar refractivity (Wildman–Crippen MR) is 128 cm³/mol. The van der Waals surface area contributed by atoms with E-state index >= 15 is 0 Å². The number of aryl methyl sites for hydroxylation is 1. The van der Waals surface area contributed by atoms with Gasteiger partial charge in [-0.05, 0) is 125 Å². The summed E-state index contributed by atoms with van der Waals surface area (Å²) in [5, 5.41) is 22.5. The third-order valence-corrected chi connectivity index (χ3v) is 10.6. The number of nitrogens with zero attached hydrogens (tertiary/aromatic N) is 2. The number of rotatable bonds is 3. The Morgan fingerprint density at radius 2 is 1.80 bits per heavy atom. The average molecular weight is 490 g/mol. The molecule has 0 unspecified atom stereocenters. The highest BCUT2D eigenvalue weighted by molar-refractivity contribution is 5.50. The summed E-state index contributed by atoms with van der Waals surface area (Å²) in [5.41, 5.74) is 0.104. The second-order valence-corrected chi connectivity index (χ2v) is 12.5. The molecule has 0 spiro atoms. The molecule has 0 amide bonds. The number of fused-ring (bicyclic) bond motifs is 5. The second-order valence-electron chi connectivity index (χ2n) is 12.5. The van der Waals surface area contributed by atoms with E-state index in [-0.39, 0.29) is 11.1 Å². The molecule has 9 atom stereocenters. The number of nitrogens with one attached hydrogen (secondary N) is 1. The van der Waals surface area contributed by atoms with Crippen molar-refractivity contribution in [3.63, 3.8) is 0 Å². The molecule has 0 saturated heterocycles. The Morgan fingerprint density at radius 1 is 1.06 bits per heavy atom. The van der Waals surface area contributed by atoms with Crippen LogP contribution in [-0.2, 0) is 0 Å². The highest BCUT2D eigenvalue weighted by atomic mass is 19.4. The summed E-state index contributed by atoms with van der Waals surface area (Å²) < 4.78 is 43.6. The average Bonchev–Trinajstić information content (AvgIpc) is 3.13. The van der Waals surface area contributed by atoms with Crippen LogP contribution in [0, 0.1) is 59.2 Å². The number of nitriles is 1. The number of aromatic nitrogens is 1. The van der Waals surface area contributed by atoms with Crippen molar-refractivity contribution in [3.05, 3.63) is 23.5 Å². The van der Waals surface area contributed by atoms with Gasteiger partial charge in [0.15, 0.2) is 0 Å². The lowest BCUT2D eigenvalue weighted by Gasteiger charge is -2.57. The molecule has 7 heteroatoms. The van der Waals surface area contributed by atoms with Crippen molar-refractivity contribution in [3.8, 4) is 6.07 Å². The van der Waals surface area contributed by atoms with Gasteiger partial charge in [0.1, 0.15) is 17.8 Å². The lowest BCUT2D eigenvalue weighted by molar-refractivity contribution is -0.169. The maximum absolute atomic E-state index is 14.5. The summed E-state index contributed by atoms with van der Waals surface area (Å²) >= 11 is 0. The Morgan fingerprint density at radius 3 is 2.49 bits per heavy atom. The van der Waals surface area contributed by atoms with Crippen LogP contribution in [0.2, 0.25) is 0 Å². The second kappa shape index (κ2) is 8.64. The van der Waals surface area contributed by atoms with Crippen molar-refractivity contribution in [2.24, 2.45) is 40.9 Å². The molecule has 0 radical (unpaired) electrons. The van der Waals surface area contributed by atoms with Crippen molar-refractivity contribution < 1.29 is 18.3 Å². The van der Waals surface area contributed by atoms with E-state index in [0.29, 0.717) is 47.4 Å². The molecule has 5 rings (SSSR count). The molecule has 35 heavy (non-hydrogen) atoms. The van der Waals surface area contributed by atoms with Crippen molar-refractivity contribution in [2.75, 3.05) is 5.32 Å². The van der Waals surface area contributed by atoms with Gasteiger partial charge < -0.3 is 10.4 Å². The minimum Gasteiger partial charge on any atom is -0.390 e. The van der Waals surface area contributed by atoms with Crippen molar-refractivity contribution in [2.45, 2.75) is 96.4 Å². The zero-order valence-corrected chi connectivity index (χ0v) is 21.0. The summed E-state index contributed by atoms with van der Waals surface area (Å²) in [5.74, 6) is 2.16. The third kappa shape index (κ3) is 4.34. The first kappa shape index (κ1) is 24.9. The van der Waals surface area contributed by atoms with E-state index in [0.717, 1.165) is 51.4 Å². The van der Waals surface area contributed by atoms with Gasteiger partial charge >= 0.3 is 6.18 Å². The quantitative estimate of drug-likeness (QED) is 0.500. The molecule has 2 N–H and O–H groups in total. The largest absolute Gasteiger partial charge is 0.408 e. The zero-order valence-electron chi connectivity index (χ0n) is 21.0. The summed E-state index contributed by atoms with van der Waals surface area (Å²) in [4.78, 5) is 4.15. The molecule has 4 nitrogen and oxygen atoms in total. The fraction of sp³-hybridized carbons (Fsp3) is 0.786. The lowest BCUT2D eigenvalue weighted by Crippen LogP contribution is -2.54. The Labute approximate surface area is 206 Å². The van der Waals surface area contributed by atoms with Crippen molar-refractivity contribution in [1.82, 2.24) is 4.98 Å². The molecule has 4 aliphatic carbocycles. The molecule has 1 aromatic rings. The molecule has 4 saturated carbocycles. The SMILES string of the molecule is Cc1nc(C#N)ccc1N[C@@H]([C@H]1CC[C@H]2[C@@H]3CC[C@@H]4C[C@](C)(O)CC[C@@H]4[C@H]3CC[C@]12C)C(F)(F)F. The fourth-order valence-electron chi connectivity index (χ4n) is 9.02. The van der Waals surface area contributed by atoms with E-state index in [2.05, 4.69) is 17.2 Å². The number of halogens is 3. The summed E-state index contributed by atoms with van der Waals surface area (Å²) in [6.07, 6.45) is 3.94. The fourth-order valence-corrected chi connectivity index (χ4v) is 9.02. The van der Waals surface area contributed by atoms with Gasteiger partial charge in [-0.3, -0.25) is 0 Å². The van der Waals surface area contributed by atoms with E-state index in [1.807, 2.05) is 13.0 Å². The van der Waals surface area contributed by atoms with Crippen LogP contribution in [0.5, 0.6) is 0 Å². The van der Waals surface area contributed by atoms with E-state index in [9.17, 15) is 18.3 Å². The van der Waals surface area contributed by atoms with E-state index in [1.54, 1.807) is 13.0 Å². The zero-order chi connectivity index (χ0) is 25.2. The van der Waals surface area contributed by atoms with E-state index < -0.39 is 23.7 Å². The third-order valence-electron chi connectivity index (χ3n) is 10.6. The van der Waals surface area contributed by atoms with Crippen LogP contribution >= 0.6 is 0 Å². The van der Waals surface area contributed by atoms with Crippen LogP contribution in [0.15, 0.2) is 12.1 Å². The number of anilines is 1. The molecule has 1 heterocycles. The summed E-state index contributed by atoms with van der Waals surface area (Å²) in [6, 6.07) is 3.37. The molecule has 192 valence electrons. The minimum absolute atomic E-state index is 0.211. The Kier molecular flexibility index (Phi) is 6.14. The predicted octanol–water partition coefficient (Wildman–Crippen LogP) is 6.62. The van der Waals surface area contributed by atoms with Gasteiger partial charge in [-0.2, -0.15) is 18.4 Å². The normalized spacial score (nSPS) is 41.8. The highest BCUT2D eigenvalue weighted by Crippen LogP contribution is 2.66. The Bertz CT molecular complexity index is 1000. The first-order valence-corrected chi connectivity index (χ1v) is 13.4. The van der Waals surface area contributed by atoms with Crippen LogP contribution in [0.25, 0.3) is 0 Å². The maximum Gasteiger partial charge on any atom is 0.408 e. The molecule has 0 aromatic carbocycles. The minimum atomic E-state index is -4.37. The Balaban J connectivity index is 1.38. The highest BCUT2D eigenvalue weighted by Gasteiger charge is 2.62. The molecule has 0 aliphatic heterocycles. The topological polar surface area (TPSA) is 68.9 Å². The van der Waals surface area contributed by atoms with Gasteiger partial charge in [0.05, 0.1) is 17.0 Å². The molecule has 0 bridgehead atoms. The monoisotopic (exact) mass is 489 g/mol. The summed E-state index contributed by atoms with van der Waals surface area (Å²) in [6.45, 7) is 5.75. The van der Waals surface area contributed by atoms with Gasteiger partial charge in [-0.15, -0.1) is 0 Å². The van der Waals surface area contributed by atoms with Gasteiger partial charge in [-0.1, -0.05) is 6.92 Å². The molecular formula is C28H38F3N3O. The Hall–Kier alpha value is -1.81. The smallest absolute Gasteiger partial charge is 0.390 e. The number of pyridine rings is 1. The van der Waals surface area contributed by atoms with Crippen molar-refractivity contribution in [1.29, 1.82) is 5.26 Å². The van der Waals surface area contributed by atoms with Crippen LogP contribution < -0.4 is 5.32 Å². The van der Waals surface area contributed by atoms with Gasteiger partial charge in [-0.25, -0.2) is 4.98 Å². The lowest BCUT2D eigenvalue weighted by atomic mass is 9.48. The number of hydrogen-bond donors (Lipinski definition) is 2. The molecule has 4 fully saturated rings. The molecule has 4 aliphatic rings. The van der Waals surface area contributed by atoms with Crippen LogP contribution in [-0.4, -0.2) is 27.9 Å². The number of alkyl halides is 3. The van der Waals surface area contributed by atoms with Crippen LogP contribution in [0.1, 0.15) is 83.0 Å². The van der Waals surface area contributed by atoms with Crippen LogP contribution in [0.3, 0.4) is 0 Å².